The van der Waals surface area contributed by atoms with Gasteiger partial charge in [0.05, 0.1) is 18.3 Å². The first-order valence-electron chi connectivity index (χ1n) is 11.7. The highest BCUT2D eigenvalue weighted by Gasteiger charge is 2.45. The molecule has 2 aliphatic heterocycles. The van der Waals surface area contributed by atoms with Crippen LogP contribution in [0.3, 0.4) is 0 Å². The summed E-state index contributed by atoms with van der Waals surface area (Å²) < 4.78 is 17.7. The van der Waals surface area contributed by atoms with Crippen LogP contribution in [-0.4, -0.2) is 45.8 Å². The van der Waals surface area contributed by atoms with E-state index >= 15 is 0 Å². The van der Waals surface area contributed by atoms with Crippen LogP contribution < -0.4 is 21.2 Å². The van der Waals surface area contributed by atoms with Crippen molar-refractivity contribution in [3.63, 3.8) is 0 Å². The lowest BCUT2D eigenvalue weighted by atomic mass is 9.83. The Kier molecular flexibility index (Phi) is 7.21. The molecule has 1 aromatic heterocycles. The fourth-order valence-corrected chi connectivity index (χ4v) is 4.39. The summed E-state index contributed by atoms with van der Waals surface area (Å²) in [7, 11) is 0. The minimum absolute atomic E-state index is 0.0485. The number of allylic oxidation sites excluding steroid dienone is 3. The molecule has 4 rings (SSSR count). The van der Waals surface area contributed by atoms with Crippen molar-refractivity contribution in [2.24, 2.45) is 5.73 Å². The second-order valence-corrected chi connectivity index (χ2v) is 9.07. The third-order valence-electron chi connectivity index (χ3n) is 6.60. The first-order valence-corrected chi connectivity index (χ1v) is 11.7. The normalized spacial score (nSPS) is 23.5. The number of fused-ring (bicyclic) bond motifs is 2. The zero-order chi connectivity index (χ0) is 26.0. The van der Waals surface area contributed by atoms with Gasteiger partial charge in [-0.2, -0.15) is 0 Å². The van der Waals surface area contributed by atoms with E-state index in [2.05, 4.69) is 5.32 Å². The van der Waals surface area contributed by atoms with Gasteiger partial charge in [0, 0.05) is 30.3 Å². The van der Waals surface area contributed by atoms with Crippen LogP contribution in [0, 0.1) is 0 Å². The summed E-state index contributed by atoms with van der Waals surface area (Å²) in [6.07, 6.45) is 7.00. The van der Waals surface area contributed by atoms with Crippen LogP contribution in [0.5, 0.6) is 11.5 Å². The number of hydrogen-bond donors (Lipinski definition) is 5. The molecule has 0 radical (unpaired) electrons. The van der Waals surface area contributed by atoms with Crippen molar-refractivity contribution in [3.8, 4) is 11.5 Å². The Bertz CT molecular complexity index is 1330. The van der Waals surface area contributed by atoms with Crippen LogP contribution in [0.15, 0.2) is 56.9 Å². The predicted octanol–water partition coefficient (Wildman–Crippen LogP) is 1.64. The first kappa shape index (κ1) is 25.5. The Labute approximate surface area is 207 Å². The van der Waals surface area contributed by atoms with Crippen molar-refractivity contribution >= 4 is 16.9 Å². The number of aliphatic hydroxyl groups is 2. The van der Waals surface area contributed by atoms with Crippen LogP contribution in [0.25, 0.3) is 11.0 Å². The number of nitrogens with two attached hydrogens (primary N) is 1. The summed E-state index contributed by atoms with van der Waals surface area (Å²) in [5.74, 6) is -0.676. The number of rotatable bonds is 7. The van der Waals surface area contributed by atoms with E-state index in [0.717, 1.165) is 11.6 Å². The molecular formula is C26H30N2O8. The van der Waals surface area contributed by atoms with Gasteiger partial charge < -0.3 is 40.3 Å². The number of hydrogen-bond acceptors (Lipinski definition) is 10. The van der Waals surface area contributed by atoms with E-state index in [1.807, 2.05) is 18.4 Å². The Hall–Kier alpha value is -3.60. The maximum atomic E-state index is 12.7. The molecular weight excluding hydrogens is 468 g/mol. The van der Waals surface area contributed by atoms with Crippen LogP contribution in [0.2, 0.25) is 0 Å². The number of carbonyl (C=O) groups excluding carboxylic acids is 1. The molecule has 3 atom stereocenters. The summed E-state index contributed by atoms with van der Waals surface area (Å²) >= 11 is 0. The molecule has 0 amide bonds. The number of dihydropyridines is 1. The minimum atomic E-state index is -1.03. The van der Waals surface area contributed by atoms with Crippen molar-refractivity contribution < 1.29 is 34.0 Å². The number of benzene rings is 1. The molecule has 2 aromatic rings. The molecule has 0 bridgehead atoms. The fraction of sp³-hybridized carbons (Fsp3) is 0.385. The average molecular weight is 499 g/mol. The van der Waals surface area contributed by atoms with E-state index in [-0.39, 0.29) is 46.4 Å². The van der Waals surface area contributed by atoms with Gasteiger partial charge in [-0.05, 0) is 38.3 Å². The SMILES string of the molecule is C/C=C(/CO)C(=O)O[C@@H]1Cc2c(cc3oc(CO)cc(=O)c3c2O)O[C@@]1(C)CCC1=CNC(N)C=C1. The van der Waals surface area contributed by atoms with E-state index in [0.29, 0.717) is 18.4 Å². The molecule has 3 heterocycles. The fourth-order valence-electron chi connectivity index (χ4n) is 4.39. The lowest BCUT2D eigenvalue weighted by Gasteiger charge is -2.42. The van der Waals surface area contributed by atoms with E-state index in [9.17, 15) is 24.9 Å². The standard InChI is InChI=1S/C26H30N2O8/c1-3-15(12-29)25(33)35-21-9-17-19(10-20-23(24(17)32)18(31)8-16(13-30)34-20)36-26(21,2)7-6-14-4-5-22(27)28-11-14/h3-5,8,10-11,21-22,28-30,32H,6-7,9,12-13,27H2,1-2H3/b15-3-/t21-,22?,26+/m1/s1. The molecule has 10 heteroatoms. The van der Waals surface area contributed by atoms with Gasteiger partial charge in [-0.25, -0.2) is 4.79 Å². The van der Waals surface area contributed by atoms with Crippen LogP contribution in [0.1, 0.15) is 38.0 Å². The van der Waals surface area contributed by atoms with Gasteiger partial charge in [0.1, 0.15) is 46.5 Å². The van der Waals surface area contributed by atoms with Crippen molar-refractivity contribution in [1.29, 1.82) is 0 Å². The number of nitrogens with one attached hydrogen (secondary N) is 1. The van der Waals surface area contributed by atoms with E-state index in [4.69, 9.17) is 19.6 Å². The average Bonchev–Trinajstić information content (AvgIpc) is 2.85. The number of phenols is 1. The van der Waals surface area contributed by atoms with Gasteiger partial charge in [-0.3, -0.25) is 4.79 Å². The van der Waals surface area contributed by atoms with Crippen LogP contribution in [-0.2, 0) is 22.6 Å². The molecule has 36 heavy (non-hydrogen) atoms. The van der Waals surface area contributed by atoms with E-state index in [1.165, 1.54) is 12.1 Å². The number of carbonyl (C=O) groups is 1. The highest BCUT2D eigenvalue weighted by Crippen LogP contribution is 2.44. The van der Waals surface area contributed by atoms with Gasteiger partial charge in [0.25, 0.3) is 0 Å². The van der Waals surface area contributed by atoms with Gasteiger partial charge in [0.2, 0.25) is 0 Å². The molecule has 6 N–H and O–H groups in total. The summed E-state index contributed by atoms with van der Waals surface area (Å²) in [5.41, 5.74) is 5.73. The minimum Gasteiger partial charge on any atom is -0.507 e. The first-order chi connectivity index (χ1) is 17.2. The third kappa shape index (κ3) is 4.88. The Morgan fingerprint density at radius 1 is 1.36 bits per heavy atom. The van der Waals surface area contributed by atoms with Gasteiger partial charge >= 0.3 is 5.97 Å². The smallest absolute Gasteiger partial charge is 0.336 e. The molecule has 0 aliphatic carbocycles. The molecule has 1 unspecified atom stereocenters. The highest BCUT2D eigenvalue weighted by atomic mass is 16.6. The number of aromatic hydroxyl groups is 1. The molecule has 0 fully saturated rings. The number of phenolic OH excluding ortho intramolecular Hbond substituents is 1. The topological polar surface area (TPSA) is 164 Å². The maximum Gasteiger partial charge on any atom is 0.336 e. The molecule has 0 saturated carbocycles. The second kappa shape index (κ2) is 10.2. The zero-order valence-corrected chi connectivity index (χ0v) is 20.1. The molecule has 10 nitrogen and oxygen atoms in total. The molecule has 1 aromatic carbocycles. The Balaban J connectivity index is 1.73. The lowest BCUT2D eigenvalue weighted by Crippen LogP contribution is -2.51. The van der Waals surface area contributed by atoms with Gasteiger partial charge in [-0.1, -0.05) is 12.2 Å². The van der Waals surface area contributed by atoms with Crippen LogP contribution in [0.4, 0.5) is 0 Å². The summed E-state index contributed by atoms with van der Waals surface area (Å²) in [4.78, 5) is 25.3. The van der Waals surface area contributed by atoms with Crippen LogP contribution >= 0.6 is 0 Å². The van der Waals surface area contributed by atoms with Crippen molar-refractivity contribution in [1.82, 2.24) is 5.32 Å². The maximum absolute atomic E-state index is 12.7. The quantitative estimate of drug-likeness (QED) is 0.280. The van der Waals surface area contributed by atoms with Crippen molar-refractivity contribution in [2.75, 3.05) is 6.61 Å². The van der Waals surface area contributed by atoms with E-state index < -0.39 is 36.3 Å². The van der Waals surface area contributed by atoms with Crippen molar-refractivity contribution in [3.05, 3.63) is 69.3 Å². The Morgan fingerprint density at radius 2 is 2.14 bits per heavy atom. The molecule has 0 spiro atoms. The van der Waals surface area contributed by atoms with Gasteiger partial charge in [0.15, 0.2) is 5.43 Å². The Morgan fingerprint density at radius 3 is 2.78 bits per heavy atom. The third-order valence-corrected chi connectivity index (χ3v) is 6.60. The summed E-state index contributed by atoms with van der Waals surface area (Å²) in [6, 6.07) is 2.62. The molecule has 192 valence electrons. The van der Waals surface area contributed by atoms with Gasteiger partial charge in [-0.15, -0.1) is 0 Å². The molecule has 2 aliphatic rings. The number of aliphatic hydroxyl groups excluding tert-OH is 2. The summed E-state index contributed by atoms with van der Waals surface area (Å²) in [5, 5.41) is 32.9. The largest absolute Gasteiger partial charge is 0.507 e. The summed E-state index contributed by atoms with van der Waals surface area (Å²) in [6.45, 7) is 2.47. The number of esters is 1. The predicted molar refractivity (Wildman–Crippen MR) is 131 cm³/mol. The number of ether oxygens (including phenoxy) is 2. The van der Waals surface area contributed by atoms with Crippen molar-refractivity contribution in [2.45, 2.75) is 57.6 Å². The zero-order valence-electron chi connectivity index (χ0n) is 20.1. The van der Waals surface area contributed by atoms with E-state index in [1.54, 1.807) is 13.8 Å². The highest BCUT2D eigenvalue weighted by molar-refractivity contribution is 5.89. The second-order valence-electron chi connectivity index (χ2n) is 9.07. The molecule has 0 saturated heterocycles. The monoisotopic (exact) mass is 498 g/mol. The lowest BCUT2D eigenvalue weighted by molar-refractivity contribution is -0.159.